The average Bonchev–Trinajstić information content (AvgIpc) is 3.19. The van der Waals surface area contributed by atoms with Crippen LogP contribution in [0.5, 0.6) is 5.75 Å². The van der Waals surface area contributed by atoms with Gasteiger partial charge >= 0.3 is 6.18 Å². The number of para-hydroxylation sites is 1. The summed E-state index contributed by atoms with van der Waals surface area (Å²) in [5.41, 5.74) is 2.76. The number of hydrogen-bond acceptors (Lipinski definition) is 2. The molecule has 4 aromatic rings. The lowest BCUT2D eigenvalue weighted by Crippen LogP contribution is -2.05. The van der Waals surface area contributed by atoms with Gasteiger partial charge in [-0.2, -0.15) is 13.2 Å². The number of fused-ring (bicyclic) bond motifs is 1. The van der Waals surface area contributed by atoms with Crippen LogP contribution >= 0.6 is 0 Å². The number of methoxy groups -OCH3 is 1. The van der Waals surface area contributed by atoms with Crippen molar-refractivity contribution in [1.82, 2.24) is 4.57 Å². The molecule has 1 aromatic heterocycles. The Bertz CT molecular complexity index is 1350. The van der Waals surface area contributed by atoms with Gasteiger partial charge in [0.25, 0.3) is 0 Å². The summed E-state index contributed by atoms with van der Waals surface area (Å²) in [4.78, 5) is 12.4. The molecule has 0 saturated heterocycles. The van der Waals surface area contributed by atoms with Crippen LogP contribution in [0.15, 0.2) is 91.1 Å². The zero-order valence-corrected chi connectivity index (χ0v) is 18.4. The van der Waals surface area contributed by atoms with Gasteiger partial charge in [0, 0.05) is 29.2 Å². The van der Waals surface area contributed by atoms with Crippen LogP contribution in [0.1, 0.15) is 22.3 Å². The molecule has 3 nitrogen and oxygen atoms in total. The van der Waals surface area contributed by atoms with E-state index in [1.165, 1.54) is 24.3 Å². The van der Waals surface area contributed by atoms with Gasteiger partial charge in [0.05, 0.1) is 12.7 Å². The maximum atomic E-state index is 12.8. The highest BCUT2D eigenvalue weighted by molar-refractivity contribution is 6.05. The Hall–Kier alpha value is -4.06. The fourth-order valence-corrected chi connectivity index (χ4v) is 3.66. The fraction of sp³-hybridized carbons (Fsp3) is 0.107. The second-order valence-corrected chi connectivity index (χ2v) is 7.77. The normalized spacial score (nSPS) is 12.1. The van der Waals surface area contributed by atoms with Crippen molar-refractivity contribution in [2.45, 2.75) is 12.7 Å². The van der Waals surface area contributed by atoms with Crippen molar-refractivity contribution >= 4 is 28.8 Å². The van der Waals surface area contributed by atoms with Gasteiger partial charge in [-0.25, -0.2) is 0 Å². The number of carbonyl (C=O) groups is 1. The predicted octanol–water partition coefficient (Wildman–Crippen LogP) is 7.01. The number of benzene rings is 3. The van der Waals surface area contributed by atoms with Crippen LogP contribution in [0.25, 0.3) is 23.1 Å². The largest absolute Gasteiger partial charge is 0.497 e. The van der Waals surface area contributed by atoms with Gasteiger partial charge in [0.2, 0.25) is 0 Å². The SMILES string of the molecule is COc1ccc(/C=C/C(=O)/C=C/c2cn(Cc3ccc(C(F)(F)F)cc3)c3ccccc23)cc1. The van der Waals surface area contributed by atoms with Crippen molar-refractivity contribution < 1.29 is 22.7 Å². The molecular formula is C28H22F3NO2. The molecule has 0 aliphatic heterocycles. The monoisotopic (exact) mass is 461 g/mol. The van der Waals surface area contributed by atoms with Gasteiger partial charge in [-0.3, -0.25) is 4.79 Å². The predicted molar refractivity (Wildman–Crippen MR) is 129 cm³/mol. The lowest BCUT2D eigenvalue weighted by Gasteiger charge is -2.09. The zero-order chi connectivity index (χ0) is 24.1. The van der Waals surface area contributed by atoms with Crippen molar-refractivity contribution in [1.29, 1.82) is 0 Å². The number of carbonyl (C=O) groups excluding carboxylic acids is 1. The van der Waals surface area contributed by atoms with E-state index in [1.54, 1.807) is 19.3 Å². The Morgan fingerprint density at radius 1 is 0.912 bits per heavy atom. The molecule has 0 unspecified atom stereocenters. The molecule has 4 rings (SSSR count). The molecule has 0 N–H and O–H groups in total. The quantitative estimate of drug-likeness (QED) is 0.277. The Kier molecular flexibility index (Phi) is 6.68. The maximum Gasteiger partial charge on any atom is 0.416 e. The summed E-state index contributed by atoms with van der Waals surface area (Å²) in [6.07, 6.45) is 4.04. The van der Waals surface area contributed by atoms with E-state index in [1.807, 2.05) is 59.3 Å². The van der Waals surface area contributed by atoms with E-state index >= 15 is 0 Å². The first-order valence-corrected chi connectivity index (χ1v) is 10.6. The minimum atomic E-state index is -4.36. The molecule has 0 aliphatic rings. The highest BCUT2D eigenvalue weighted by atomic mass is 19.4. The molecule has 172 valence electrons. The Morgan fingerprint density at radius 2 is 1.59 bits per heavy atom. The van der Waals surface area contributed by atoms with Crippen molar-refractivity contribution in [2.75, 3.05) is 7.11 Å². The summed E-state index contributed by atoms with van der Waals surface area (Å²) in [6.45, 7) is 0.414. The van der Waals surface area contributed by atoms with Gasteiger partial charge < -0.3 is 9.30 Å². The molecule has 0 radical (unpaired) electrons. The van der Waals surface area contributed by atoms with E-state index in [9.17, 15) is 18.0 Å². The molecule has 0 atom stereocenters. The number of halogens is 3. The number of allylic oxidation sites excluding steroid dienone is 2. The third-order valence-electron chi connectivity index (χ3n) is 5.44. The van der Waals surface area contributed by atoms with E-state index in [0.29, 0.717) is 6.54 Å². The molecule has 0 bridgehead atoms. The molecule has 0 aliphatic carbocycles. The summed E-state index contributed by atoms with van der Waals surface area (Å²) in [5.74, 6) is 0.589. The van der Waals surface area contributed by atoms with Crippen LogP contribution in [0, 0.1) is 0 Å². The standard InChI is InChI=1S/C28H22F3NO2/c1-34-25-16-9-20(10-17-25)8-14-24(33)15-11-22-19-32(27-5-3-2-4-26(22)27)18-21-6-12-23(13-7-21)28(29,30)31/h2-17,19H,18H2,1H3/b14-8+,15-11+. The van der Waals surface area contributed by atoms with Gasteiger partial charge in [0.15, 0.2) is 5.78 Å². The number of hydrogen-bond donors (Lipinski definition) is 0. The molecule has 34 heavy (non-hydrogen) atoms. The summed E-state index contributed by atoms with van der Waals surface area (Å²) >= 11 is 0. The second-order valence-electron chi connectivity index (χ2n) is 7.77. The lowest BCUT2D eigenvalue weighted by atomic mass is 10.1. The first-order valence-electron chi connectivity index (χ1n) is 10.6. The molecule has 0 fully saturated rings. The van der Waals surface area contributed by atoms with E-state index in [0.717, 1.165) is 45.5 Å². The van der Waals surface area contributed by atoms with Gasteiger partial charge in [-0.1, -0.05) is 48.5 Å². The van der Waals surface area contributed by atoms with E-state index < -0.39 is 11.7 Å². The van der Waals surface area contributed by atoms with E-state index in [-0.39, 0.29) is 5.78 Å². The van der Waals surface area contributed by atoms with E-state index in [4.69, 9.17) is 4.74 Å². The van der Waals surface area contributed by atoms with Crippen LogP contribution in [-0.4, -0.2) is 17.5 Å². The smallest absolute Gasteiger partial charge is 0.416 e. The van der Waals surface area contributed by atoms with Crippen molar-refractivity contribution in [2.24, 2.45) is 0 Å². The molecule has 1 heterocycles. The Balaban J connectivity index is 1.52. The molecule has 0 spiro atoms. The van der Waals surface area contributed by atoms with E-state index in [2.05, 4.69) is 0 Å². The maximum absolute atomic E-state index is 12.8. The number of rotatable bonds is 7. The average molecular weight is 461 g/mol. The van der Waals surface area contributed by atoms with Crippen molar-refractivity contribution in [3.8, 4) is 5.75 Å². The first-order chi connectivity index (χ1) is 16.3. The van der Waals surface area contributed by atoms with Gasteiger partial charge in [-0.15, -0.1) is 0 Å². The minimum absolute atomic E-state index is 0.157. The Labute approximate surface area is 195 Å². The topological polar surface area (TPSA) is 31.2 Å². The Morgan fingerprint density at radius 3 is 2.26 bits per heavy atom. The van der Waals surface area contributed by atoms with Crippen molar-refractivity contribution in [3.05, 3.63) is 113 Å². The highest BCUT2D eigenvalue weighted by Crippen LogP contribution is 2.30. The lowest BCUT2D eigenvalue weighted by molar-refractivity contribution is -0.137. The molecular weight excluding hydrogens is 439 g/mol. The molecule has 0 saturated carbocycles. The van der Waals surface area contributed by atoms with Crippen molar-refractivity contribution in [3.63, 3.8) is 0 Å². The molecule has 6 heteroatoms. The van der Waals surface area contributed by atoms with Crippen LogP contribution in [-0.2, 0) is 17.5 Å². The summed E-state index contributed by atoms with van der Waals surface area (Å²) in [5, 5.41) is 0.956. The van der Waals surface area contributed by atoms with Crippen LogP contribution in [0.4, 0.5) is 13.2 Å². The fourth-order valence-electron chi connectivity index (χ4n) is 3.66. The number of ketones is 1. The number of nitrogens with zero attached hydrogens (tertiary/aromatic N) is 1. The third kappa shape index (κ3) is 5.46. The summed E-state index contributed by atoms with van der Waals surface area (Å²) < 4.78 is 45.6. The number of alkyl halides is 3. The van der Waals surface area contributed by atoms with Gasteiger partial charge in [0.1, 0.15) is 5.75 Å². The first kappa shape index (κ1) is 23.1. The summed E-state index contributed by atoms with van der Waals surface area (Å²) in [6, 6.07) is 20.2. The second kappa shape index (κ2) is 9.83. The van der Waals surface area contributed by atoms with Crippen LogP contribution < -0.4 is 4.74 Å². The van der Waals surface area contributed by atoms with Crippen LogP contribution in [0.2, 0.25) is 0 Å². The number of ether oxygens (including phenoxy) is 1. The third-order valence-corrected chi connectivity index (χ3v) is 5.44. The minimum Gasteiger partial charge on any atom is -0.497 e. The summed E-state index contributed by atoms with van der Waals surface area (Å²) in [7, 11) is 1.60. The van der Waals surface area contributed by atoms with Gasteiger partial charge in [-0.05, 0) is 59.7 Å². The molecule has 0 amide bonds. The highest BCUT2D eigenvalue weighted by Gasteiger charge is 2.29. The zero-order valence-electron chi connectivity index (χ0n) is 18.4. The number of aromatic nitrogens is 1. The van der Waals surface area contributed by atoms with Crippen LogP contribution in [0.3, 0.4) is 0 Å². The molecule has 3 aromatic carbocycles.